The summed E-state index contributed by atoms with van der Waals surface area (Å²) in [6.07, 6.45) is 2.55. The summed E-state index contributed by atoms with van der Waals surface area (Å²) in [4.78, 5) is 27.4. The van der Waals surface area contributed by atoms with E-state index < -0.39 is 23.5 Å². The van der Waals surface area contributed by atoms with Gasteiger partial charge in [0.2, 0.25) is 0 Å². The SMILES string of the molecule is CCCCCN1C(=O)C(=O)/C(=C(/O)c2cc(C)cc(Cl)c2OC)C1c1ccc(F)cc1. The molecule has 5 nitrogen and oxygen atoms in total. The third-order valence-corrected chi connectivity index (χ3v) is 5.66. The number of halogens is 2. The van der Waals surface area contributed by atoms with Gasteiger partial charge in [0.15, 0.2) is 0 Å². The maximum Gasteiger partial charge on any atom is 0.295 e. The Bertz CT molecular complexity index is 1030. The number of hydrogen-bond donors (Lipinski definition) is 1. The molecule has 1 aliphatic heterocycles. The molecule has 7 heteroatoms. The van der Waals surface area contributed by atoms with Gasteiger partial charge in [-0.3, -0.25) is 9.59 Å². The smallest absolute Gasteiger partial charge is 0.295 e. The first-order chi connectivity index (χ1) is 14.8. The van der Waals surface area contributed by atoms with E-state index >= 15 is 0 Å². The topological polar surface area (TPSA) is 66.8 Å². The summed E-state index contributed by atoms with van der Waals surface area (Å²) in [7, 11) is 1.41. The first kappa shape index (κ1) is 22.8. The summed E-state index contributed by atoms with van der Waals surface area (Å²) in [6.45, 7) is 4.19. The molecule has 1 aliphatic rings. The van der Waals surface area contributed by atoms with Crippen molar-refractivity contribution >= 4 is 29.1 Å². The largest absolute Gasteiger partial charge is 0.507 e. The number of Topliss-reactive ketones (excluding diaryl/α,β-unsaturated/α-hetero) is 1. The first-order valence-electron chi connectivity index (χ1n) is 10.2. The molecule has 1 fully saturated rings. The van der Waals surface area contributed by atoms with Gasteiger partial charge in [0, 0.05) is 6.54 Å². The molecule has 31 heavy (non-hydrogen) atoms. The molecule has 3 rings (SSSR count). The molecule has 2 aromatic rings. The second kappa shape index (κ2) is 9.52. The molecule has 1 amide bonds. The molecule has 1 atom stereocenters. The van der Waals surface area contributed by atoms with Crippen molar-refractivity contribution in [2.45, 2.75) is 39.2 Å². The van der Waals surface area contributed by atoms with Gasteiger partial charge in [0.05, 0.1) is 29.3 Å². The van der Waals surface area contributed by atoms with Crippen LogP contribution in [-0.2, 0) is 9.59 Å². The fourth-order valence-electron chi connectivity index (χ4n) is 3.89. The number of ketones is 1. The molecule has 0 spiro atoms. The minimum Gasteiger partial charge on any atom is -0.507 e. The van der Waals surface area contributed by atoms with E-state index in [1.54, 1.807) is 19.1 Å². The fraction of sp³-hybridized carbons (Fsp3) is 0.333. The summed E-state index contributed by atoms with van der Waals surface area (Å²) in [5.41, 5.74) is 1.46. The number of nitrogens with zero attached hydrogens (tertiary/aromatic N) is 1. The number of amides is 1. The molecule has 1 heterocycles. The van der Waals surface area contributed by atoms with Crippen molar-refractivity contribution in [2.75, 3.05) is 13.7 Å². The Hall–Kier alpha value is -2.86. The lowest BCUT2D eigenvalue weighted by atomic mass is 9.94. The van der Waals surface area contributed by atoms with Gasteiger partial charge >= 0.3 is 0 Å². The first-order valence-corrected chi connectivity index (χ1v) is 10.6. The molecular weight excluding hydrogens is 421 g/mol. The number of aliphatic hydroxyl groups is 1. The second-order valence-corrected chi connectivity index (χ2v) is 7.99. The monoisotopic (exact) mass is 445 g/mol. The van der Waals surface area contributed by atoms with Crippen molar-refractivity contribution in [2.24, 2.45) is 0 Å². The van der Waals surface area contributed by atoms with Gasteiger partial charge in [-0.25, -0.2) is 4.39 Å². The Morgan fingerprint density at radius 1 is 1.19 bits per heavy atom. The predicted octanol–water partition coefficient (Wildman–Crippen LogP) is 5.41. The summed E-state index contributed by atoms with van der Waals surface area (Å²) < 4.78 is 18.9. The number of aliphatic hydroxyl groups excluding tert-OH is 1. The minimum absolute atomic E-state index is 0.0620. The summed E-state index contributed by atoms with van der Waals surface area (Å²) in [5.74, 6) is -2.07. The lowest BCUT2D eigenvalue weighted by Crippen LogP contribution is -2.30. The summed E-state index contributed by atoms with van der Waals surface area (Å²) in [5, 5.41) is 11.5. The zero-order valence-electron chi connectivity index (χ0n) is 17.7. The van der Waals surface area contributed by atoms with Crippen LogP contribution in [0.25, 0.3) is 5.76 Å². The van der Waals surface area contributed by atoms with E-state index in [0.717, 1.165) is 18.4 Å². The van der Waals surface area contributed by atoms with Crippen LogP contribution in [0, 0.1) is 12.7 Å². The molecule has 2 aromatic carbocycles. The average Bonchev–Trinajstić information content (AvgIpc) is 2.98. The Labute approximate surface area is 186 Å². The molecule has 1 unspecified atom stereocenters. The van der Waals surface area contributed by atoms with Gasteiger partial charge in [-0.05, 0) is 48.7 Å². The van der Waals surface area contributed by atoms with Crippen molar-refractivity contribution in [1.82, 2.24) is 4.90 Å². The van der Waals surface area contributed by atoms with Crippen molar-refractivity contribution < 1.29 is 23.8 Å². The molecule has 1 saturated heterocycles. The number of rotatable bonds is 7. The highest BCUT2D eigenvalue weighted by Crippen LogP contribution is 2.42. The molecule has 164 valence electrons. The molecular formula is C24H25ClFNO4. The number of ether oxygens (including phenoxy) is 1. The Morgan fingerprint density at radius 2 is 1.87 bits per heavy atom. The van der Waals surface area contributed by atoms with Crippen LogP contribution in [0.1, 0.15) is 48.9 Å². The standard InChI is InChI=1S/C24H25ClFNO4/c1-4-5-6-11-27-20(15-7-9-16(26)10-8-15)19(22(29)24(27)30)21(28)17-12-14(2)13-18(25)23(17)31-3/h7-10,12-13,20,28H,4-6,11H2,1-3H3/b21-19+. The van der Waals surface area contributed by atoms with E-state index in [9.17, 15) is 19.1 Å². The minimum atomic E-state index is -0.832. The van der Waals surface area contributed by atoms with Gasteiger partial charge in [-0.1, -0.05) is 43.5 Å². The van der Waals surface area contributed by atoms with Crippen LogP contribution in [0.3, 0.4) is 0 Å². The number of hydrogen-bond acceptors (Lipinski definition) is 4. The van der Waals surface area contributed by atoms with Gasteiger partial charge in [0.25, 0.3) is 11.7 Å². The number of likely N-dealkylation sites (tertiary alicyclic amines) is 1. The average molecular weight is 446 g/mol. The maximum atomic E-state index is 13.5. The van der Waals surface area contributed by atoms with Crippen molar-refractivity contribution in [3.8, 4) is 5.75 Å². The number of carbonyl (C=O) groups is 2. The highest BCUT2D eigenvalue weighted by Gasteiger charge is 2.46. The Morgan fingerprint density at radius 3 is 2.48 bits per heavy atom. The number of carbonyl (C=O) groups excluding carboxylic acids is 2. The maximum absolute atomic E-state index is 13.5. The van der Waals surface area contributed by atoms with Gasteiger partial charge in [-0.2, -0.15) is 0 Å². The summed E-state index contributed by atoms with van der Waals surface area (Å²) in [6, 6.07) is 8.07. The number of unbranched alkanes of at least 4 members (excludes halogenated alkanes) is 2. The van der Waals surface area contributed by atoms with Crippen LogP contribution in [-0.4, -0.2) is 35.4 Å². The highest BCUT2D eigenvalue weighted by atomic mass is 35.5. The van der Waals surface area contributed by atoms with E-state index in [1.165, 1.54) is 36.3 Å². The third kappa shape index (κ3) is 4.44. The van der Waals surface area contributed by atoms with E-state index in [4.69, 9.17) is 16.3 Å². The van der Waals surface area contributed by atoms with Gasteiger partial charge in [0.1, 0.15) is 17.3 Å². The van der Waals surface area contributed by atoms with Gasteiger partial charge in [-0.15, -0.1) is 0 Å². The fourth-order valence-corrected chi connectivity index (χ4v) is 4.24. The van der Waals surface area contributed by atoms with E-state index in [1.807, 2.05) is 6.92 Å². The lowest BCUT2D eigenvalue weighted by Gasteiger charge is -2.25. The molecule has 0 saturated carbocycles. The van der Waals surface area contributed by atoms with E-state index in [0.29, 0.717) is 18.5 Å². The Balaban J connectivity index is 2.21. The van der Waals surface area contributed by atoms with Crippen molar-refractivity contribution in [3.63, 3.8) is 0 Å². The van der Waals surface area contributed by atoms with E-state index in [2.05, 4.69) is 0 Å². The lowest BCUT2D eigenvalue weighted by molar-refractivity contribution is -0.139. The van der Waals surface area contributed by atoms with Crippen LogP contribution in [0.15, 0.2) is 42.0 Å². The molecule has 1 N–H and O–H groups in total. The number of methoxy groups -OCH3 is 1. The molecule has 0 aromatic heterocycles. The molecule has 0 radical (unpaired) electrons. The number of benzene rings is 2. The molecule has 0 aliphatic carbocycles. The quantitative estimate of drug-likeness (QED) is 0.268. The van der Waals surface area contributed by atoms with Crippen LogP contribution in [0.4, 0.5) is 4.39 Å². The van der Waals surface area contributed by atoms with Crippen LogP contribution < -0.4 is 4.74 Å². The van der Waals surface area contributed by atoms with Gasteiger partial charge < -0.3 is 14.7 Å². The van der Waals surface area contributed by atoms with Crippen LogP contribution in [0.2, 0.25) is 5.02 Å². The number of aryl methyl sites for hydroxylation is 1. The van der Waals surface area contributed by atoms with Crippen molar-refractivity contribution in [1.29, 1.82) is 0 Å². The van der Waals surface area contributed by atoms with Crippen LogP contribution >= 0.6 is 11.6 Å². The van der Waals surface area contributed by atoms with Crippen LogP contribution in [0.5, 0.6) is 5.75 Å². The Kier molecular flexibility index (Phi) is 7.01. The zero-order valence-corrected chi connectivity index (χ0v) is 18.5. The predicted molar refractivity (Wildman–Crippen MR) is 118 cm³/mol. The normalized spacial score (nSPS) is 18.0. The zero-order chi connectivity index (χ0) is 22.7. The highest BCUT2D eigenvalue weighted by molar-refractivity contribution is 6.46. The van der Waals surface area contributed by atoms with Crippen molar-refractivity contribution in [3.05, 3.63) is 69.5 Å². The third-order valence-electron chi connectivity index (χ3n) is 5.38. The summed E-state index contributed by atoms with van der Waals surface area (Å²) >= 11 is 6.27. The second-order valence-electron chi connectivity index (χ2n) is 7.58. The van der Waals surface area contributed by atoms with E-state index in [-0.39, 0.29) is 27.7 Å². The molecule has 0 bridgehead atoms.